The predicted octanol–water partition coefficient (Wildman–Crippen LogP) is 1.21. The Kier molecular flexibility index (Phi) is 4.33. The van der Waals surface area contributed by atoms with Crippen LogP contribution in [0.1, 0.15) is 26.7 Å². The number of rotatable bonds is 5. The summed E-state index contributed by atoms with van der Waals surface area (Å²) in [5.74, 6) is -3.56. The van der Waals surface area contributed by atoms with Gasteiger partial charge in [-0.25, -0.2) is 0 Å². The Balaban J connectivity index is 4.44. The lowest BCUT2D eigenvalue weighted by Gasteiger charge is -2.16. The van der Waals surface area contributed by atoms with Gasteiger partial charge in [0.15, 0.2) is 0 Å². The first-order valence-electron chi connectivity index (χ1n) is 4.00. The van der Waals surface area contributed by atoms with E-state index in [0.717, 1.165) is 0 Å². The van der Waals surface area contributed by atoms with E-state index in [4.69, 9.17) is 10.2 Å². The van der Waals surface area contributed by atoms with Crippen molar-refractivity contribution < 1.29 is 19.8 Å². The average Bonchev–Trinajstić information content (AvgIpc) is 1.98. The molecule has 0 unspecified atom stereocenters. The van der Waals surface area contributed by atoms with E-state index in [0.29, 0.717) is 12.8 Å². The van der Waals surface area contributed by atoms with E-state index >= 15 is 0 Å². The maximum atomic E-state index is 10.6. The molecule has 0 aliphatic heterocycles. The summed E-state index contributed by atoms with van der Waals surface area (Å²) in [6, 6.07) is 0. The summed E-state index contributed by atoms with van der Waals surface area (Å²) in [6.07, 6.45) is 0.723. The molecule has 0 heterocycles. The minimum Gasteiger partial charge on any atom is -0.481 e. The topological polar surface area (TPSA) is 74.6 Å². The van der Waals surface area contributed by atoms with Crippen molar-refractivity contribution in [3.8, 4) is 0 Å². The van der Waals surface area contributed by atoms with E-state index in [1.807, 2.05) is 0 Å². The third-order valence-corrected chi connectivity index (χ3v) is 2.00. The van der Waals surface area contributed by atoms with Gasteiger partial charge in [-0.3, -0.25) is 9.59 Å². The zero-order valence-electron chi connectivity index (χ0n) is 7.28. The quantitative estimate of drug-likeness (QED) is 0.656. The lowest BCUT2D eigenvalue weighted by molar-refractivity contribution is -0.154. The molecule has 70 valence electrons. The smallest absolute Gasteiger partial charge is 0.307 e. The molecule has 0 radical (unpaired) electrons. The van der Waals surface area contributed by atoms with Gasteiger partial charge in [-0.2, -0.15) is 0 Å². The van der Waals surface area contributed by atoms with Crippen molar-refractivity contribution in [3.63, 3.8) is 0 Å². The molecule has 2 atom stereocenters. The van der Waals surface area contributed by atoms with Crippen molar-refractivity contribution in [2.24, 2.45) is 11.8 Å². The molecule has 4 heteroatoms. The van der Waals surface area contributed by atoms with Crippen LogP contribution in [0.3, 0.4) is 0 Å². The first-order chi connectivity index (χ1) is 5.54. The minimum absolute atomic E-state index is 0.361. The fourth-order valence-corrected chi connectivity index (χ4v) is 1.26. The molecule has 0 aromatic carbocycles. The van der Waals surface area contributed by atoms with Gasteiger partial charge in [-0.15, -0.1) is 0 Å². The normalized spacial score (nSPS) is 15.2. The zero-order valence-corrected chi connectivity index (χ0v) is 7.28. The van der Waals surface area contributed by atoms with Crippen molar-refractivity contribution in [2.45, 2.75) is 26.7 Å². The van der Waals surface area contributed by atoms with Gasteiger partial charge in [0.1, 0.15) is 0 Å². The Morgan fingerprint density at radius 3 is 1.33 bits per heavy atom. The van der Waals surface area contributed by atoms with Crippen LogP contribution in [0.2, 0.25) is 0 Å². The number of carboxylic acid groups (broad SMARTS) is 2. The van der Waals surface area contributed by atoms with Crippen LogP contribution < -0.4 is 0 Å². The second-order valence-electron chi connectivity index (χ2n) is 2.71. The molecule has 0 amide bonds. The van der Waals surface area contributed by atoms with Crippen molar-refractivity contribution in [3.05, 3.63) is 0 Å². The van der Waals surface area contributed by atoms with Gasteiger partial charge < -0.3 is 10.2 Å². The first kappa shape index (κ1) is 10.9. The molecule has 2 N–H and O–H groups in total. The van der Waals surface area contributed by atoms with Gasteiger partial charge in [0.25, 0.3) is 0 Å². The van der Waals surface area contributed by atoms with Crippen LogP contribution in [-0.4, -0.2) is 22.2 Å². The number of hydrogen-bond acceptors (Lipinski definition) is 2. The third-order valence-electron chi connectivity index (χ3n) is 2.00. The molecule has 0 saturated heterocycles. The van der Waals surface area contributed by atoms with Gasteiger partial charge in [0.05, 0.1) is 11.8 Å². The molecule has 0 aromatic heterocycles. The van der Waals surface area contributed by atoms with Crippen LogP contribution in [0.25, 0.3) is 0 Å². The van der Waals surface area contributed by atoms with E-state index in [-0.39, 0.29) is 0 Å². The lowest BCUT2D eigenvalue weighted by atomic mass is 9.88. The fourth-order valence-electron chi connectivity index (χ4n) is 1.26. The first-order valence-corrected chi connectivity index (χ1v) is 4.00. The Labute approximate surface area is 71.2 Å². The van der Waals surface area contributed by atoms with E-state index in [1.165, 1.54) is 0 Å². The van der Waals surface area contributed by atoms with Crippen molar-refractivity contribution >= 4 is 11.9 Å². The Bertz CT molecular complexity index is 156. The SMILES string of the molecule is CC[C@H](C(=O)O)[C@H](CC)C(=O)O. The van der Waals surface area contributed by atoms with E-state index in [1.54, 1.807) is 13.8 Å². The van der Waals surface area contributed by atoms with Gasteiger partial charge in [-0.1, -0.05) is 13.8 Å². The second kappa shape index (κ2) is 4.74. The molecule has 0 rings (SSSR count). The summed E-state index contributed by atoms with van der Waals surface area (Å²) in [7, 11) is 0. The maximum absolute atomic E-state index is 10.6. The molecule has 0 fully saturated rings. The standard InChI is InChI=1S/C8H14O4/c1-3-5(7(9)10)6(4-2)8(11)12/h5-6H,3-4H2,1-2H3,(H,9,10)(H,11,12)/t5-,6-/m0/s1. The molecule has 12 heavy (non-hydrogen) atoms. The molecule has 0 saturated carbocycles. The minimum atomic E-state index is -1.02. The number of carboxylic acids is 2. The summed E-state index contributed by atoms with van der Waals surface area (Å²) in [5, 5.41) is 17.3. The zero-order chi connectivity index (χ0) is 9.72. The highest BCUT2D eigenvalue weighted by molar-refractivity contribution is 5.79. The average molecular weight is 174 g/mol. The van der Waals surface area contributed by atoms with Crippen LogP contribution in [0.4, 0.5) is 0 Å². The van der Waals surface area contributed by atoms with Crippen molar-refractivity contribution in [1.29, 1.82) is 0 Å². The molecule has 0 aliphatic rings. The van der Waals surface area contributed by atoms with E-state index in [2.05, 4.69) is 0 Å². The summed E-state index contributed by atoms with van der Waals surface area (Å²) in [5.41, 5.74) is 0. The van der Waals surface area contributed by atoms with Crippen molar-refractivity contribution in [2.75, 3.05) is 0 Å². The lowest BCUT2D eigenvalue weighted by Crippen LogP contribution is -2.28. The molecule has 0 spiro atoms. The van der Waals surface area contributed by atoms with E-state index in [9.17, 15) is 9.59 Å². The largest absolute Gasteiger partial charge is 0.481 e. The van der Waals surface area contributed by atoms with Crippen LogP contribution >= 0.6 is 0 Å². The number of carbonyl (C=O) groups is 2. The summed E-state index contributed by atoms with van der Waals surface area (Å²) >= 11 is 0. The monoisotopic (exact) mass is 174 g/mol. The molecule has 4 nitrogen and oxygen atoms in total. The predicted molar refractivity (Wildman–Crippen MR) is 42.8 cm³/mol. The Morgan fingerprint density at radius 2 is 1.25 bits per heavy atom. The van der Waals surface area contributed by atoms with Crippen LogP contribution in [0.15, 0.2) is 0 Å². The number of hydrogen-bond donors (Lipinski definition) is 2. The van der Waals surface area contributed by atoms with Gasteiger partial charge in [0, 0.05) is 0 Å². The Morgan fingerprint density at radius 1 is 1.00 bits per heavy atom. The summed E-state index contributed by atoms with van der Waals surface area (Å²) in [4.78, 5) is 21.1. The van der Waals surface area contributed by atoms with Crippen molar-refractivity contribution in [1.82, 2.24) is 0 Å². The van der Waals surface area contributed by atoms with Gasteiger partial charge in [-0.05, 0) is 12.8 Å². The molecule has 0 bridgehead atoms. The van der Waals surface area contributed by atoms with Crippen LogP contribution in [-0.2, 0) is 9.59 Å². The highest BCUT2D eigenvalue weighted by atomic mass is 16.4. The Hall–Kier alpha value is -1.06. The van der Waals surface area contributed by atoms with Gasteiger partial charge in [0.2, 0.25) is 0 Å². The van der Waals surface area contributed by atoms with Crippen LogP contribution in [0, 0.1) is 11.8 Å². The molecular weight excluding hydrogens is 160 g/mol. The summed E-state index contributed by atoms with van der Waals surface area (Å²) < 4.78 is 0. The van der Waals surface area contributed by atoms with Gasteiger partial charge >= 0.3 is 11.9 Å². The second-order valence-corrected chi connectivity index (χ2v) is 2.71. The third kappa shape index (κ3) is 2.53. The highest BCUT2D eigenvalue weighted by Gasteiger charge is 2.30. The molecular formula is C8H14O4. The van der Waals surface area contributed by atoms with E-state index < -0.39 is 23.8 Å². The molecule has 0 aromatic rings. The van der Waals surface area contributed by atoms with Crippen LogP contribution in [0.5, 0.6) is 0 Å². The molecule has 0 aliphatic carbocycles. The number of aliphatic carboxylic acids is 2. The highest BCUT2D eigenvalue weighted by Crippen LogP contribution is 2.19. The summed E-state index contributed by atoms with van der Waals surface area (Å²) in [6.45, 7) is 3.37. The fraction of sp³-hybridized carbons (Fsp3) is 0.750. The maximum Gasteiger partial charge on any atom is 0.307 e.